The van der Waals surface area contributed by atoms with Gasteiger partial charge < -0.3 is 14.2 Å². The van der Waals surface area contributed by atoms with Crippen LogP contribution >= 0.6 is 0 Å². The molecule has 0 aliphatic carbocycles. The number of fused-ring (bicyclic) bond motifs is 1. The van der Waals surface area contributed by atoms with Gasteiger partial charge in [0.15, 0.2) is 11.4 Å². The summed E-state index contributed by atoms with van der Waals surface area (Å²) in [4.78, 5) is 39.6. The highest BCUT2D eigenvalue weighted by Crippen LogP contribution is 2.29. The number of anilines is 1. The molecule has 5 aromatic rings. The van der Waals surface area contributed by atoms with E-state index in [0.717, 1.165) is 5.56 Å². The number of halogens is 2. The molecule has 14 heteroatoms. The van der Waals surface area contributed by atoms with E-state index < -0.39 is 12.6 Å². The standard InChI is InChI=1S/C29H27F2N9O3/c1-18(41)37(2)21-8-9-24-22(17-21)33-27(43-24)20-10-11-32-23(16-20)28(42)39-14-12-38(13-15-39)25(19-6-4-3-5-7-19)26-34-36-40(35-26)29(30)31/h3-11,16-17,25,29H,12-15H2,1-2H3. The van der Waals surface area contributed by atoms with E-state index in [-0.39, 0.29) is 23.3 Å². The van der Waals surface area contributed by atoms with Crippen LogP contribution in [0, 0.1) is 0 Å². The van der Waals surface area contributed by atoms with Crippen molar-refractivity contribution in [3.63, 3.8) is 0 Å². The van der Waals surface area contributed by atoms with Crippen LogP contribution in [0.15, 0.2) is 71.3 Å². The first-order chi connectivity index (χ1) is 20.8. The Bertz CT molecular complexity index is 1770. The minimum absolute atomic E-state index is 0.104. The fourth-order valence-electron chi connectivity index (χ4n) is 5.04. The summed E-state index contributed by atoms with van der Waals surface area (Å²) in [5, 5.41) is 11.3. The Labute approximate surface area is 244 Å². The van der Waals surface area contributed by atoms with Crippen LogP contribution in [-0.2, 0) is 4.79 Å². The summed E-state index contributed by atoms with van der Waals surface area (Å²) in [6.45, 7) is 0.261. The van der Waals surface area contributed by atoms with Gasteiger partial charge in [-0.25, -0.2) is 4.98 Å². The maximum absolute atomic E-state index is 13.5. The molecule has 0 radical (unpaired) electrons. The first-order valence-electron chi connectivity index (χ1n) is 13.6. The van der Waals surface area contributed by atoms with Gasteiger partial charge in [0.05, 0.1) is 6.04 Å². The lowest BCUT2D eigenvalue weighted by molar-refractivity contribution is -0.116. The lowest BCUT2D eigenvalue weighted by Gasteiger charge is -2.38. The molecule has 1 unspecified atom stereocenters. The van der Waals surface area contributed by atoms with Crippen molar-refractivity contribution in [1.29, 1.82) is 0 Å². The number of pyridine rings is 1. The third-order valence-electron chi connectivity index (χ3n) is 7.40. The summed E-state index contributed by atoms with van der Waals surface area (Å²) in [5.74, 6) is 0.141. The van der Waals surface area contributed by atoms with E-state index in [1.54, 1.807) is 42.3 Å². The Morgan fingerprint density at radius 2 is 1.77 bits per heavy atom. The highest BCUT2D eigenvalue weighted by Gasteiger charge is 2.32. The Morgan fingerprint density at radius 3 is 2.47 bits per heavy atom. The number of amides is 2. The molecule has 0 spiro atoms. The number of carbonyl (C=O) groups excluding carboxylic acids is 2. The van der Waals surface area contributed by atoms with Crippen LogP contribution < -0.4 is 4.90 Å². The molecule has 0 bridgehead atoms. The average Bonchev–Trinajstić information content (AvgIpc) is 3.69. The van der Waals surface area contributed by atoms with Gasteiger partial charge in [-0.3, -0.25) is 19.5 Å². The quantitative estimate of drug-likeness (QED) is 0.279. The third kappa shape index (κ3) is 5.68. The molecule has 220 valence electrons. The van der Waals surface area contributed by atoms with Crippen LogP contribution in [0.2, 0.25) is 0 Å². The molecule has 3 aromatic heterocycles. The first-order valence-corrected chi connectivity index (χ1v) is 13.6. The number of hydrogen-bond donors (Lipinski definition) is 0. The number of benzene rings is 2. The van der Waals surface area contributed by atoms with Crippen LogP contribution in [0.1, 0.15) is 41.4 Å². The second kappa shape index (κ2) is 11.6. The Morgan fingerprint density at radius 1 is 1.00 bits per heavy atom. The minimum Gasteiger partial charge on any atom is -0.436 e. The van der Waals surface area contributed by atoms with Crippen molar-refractivity contribution in [2.75, 3.05) is 38.1 Å². The summed E-state index contributed by atoms with van der Waals surface area (Å²) in [6.07, 6.45) is 1.53. The van der Waals surface area contributed by atoms with Gasteiger partial charge >= 0.3 is 6.55 Å². The summed E-state index contributed by atoms with van der Waals surface area (Å²) >= 11 is 0. The van der Waals surface area contributed by atoms with Crippen molar-refractivity contribution in [3.05, 3.63) is 83.9 Å². The SMILES string of the molecule is CC(=O)N(C)c1ccc2oc(-c3ccnc(C(=O)N4CCN(C(c5ccccc5)c5nnn(C(F)F)n5)CC4)c3)nc2c1. The number of rotatable bonds is 7. The van der Waals surface area contributed by atoms with Crippen molar-refractivity contribution in [2.24, 2.45) is 0 Å². The van der Waals surface area contributed by atoms with Crippen molar-refractivity contribution in [3.8, 4) is 11.5 Å². The fraction of sp³-hybridized carbons (Fsp3) is 0.276. The number of aromatic nitrogens is 6. The molecule has 12 nitrogen and oxygen atoms in total. The van der Waals surface area contributed by atoms with E-state index in [4.69, 9.17) is 4.42 Å². The first kappa shape index (κ1) is 28.0. The third-order valence-corrected chi connectivity index (χ3v) is 7.40. The van der Waals surface area contributed by atoms with E-state index in [9.17, 15) is 18.4 Å². The molecule has 0 saturated carbocycles. The molecule has 6 rings (SSSR count). The number of tetrazole rings is 1. The number of alkyl halides is 2. The molecule has 1 fully saturated rings. The zero-order valence-corrected chi connectivity index (χ0v) is 23.3. The van der Waals surface area contributed by atoms with Crippen molar-refractivity contribution in [2.45, 2.75) is 19.5 Å². The van der Waals surface area contributed by atoms with Gasteiger partial charge in [0, 0.05) is 57.6 Å². The molecule has 2 amide bonds. The maximum Gasteiger partial charge on any atom is 0.350 e. The summed E-state index contributed by atoms with van der Waals surface area (Å²) in [6, 6.07) is 17.5. The smallest absolute Gasteiger partial charge is 0.350 e. The molecule has 1 aliphatic heterocycles. The lowest BCUT2D eigenvalue weighted by Crippen LogP contribution is -2.50. The molecule has 1 saturated heterocycles. The zero-order chi connectivity index (χ0) is 30.1. The van der Waals surface area contributed by atoms with Crippen LogP contribution in [0.5, 0.6) is 0 Å². The van der Waals surface area contributed by atoms with Crippen molar-refractivity contribution in [1.82, 2.24) is 40.0 Å². The largest absolute Gasteiger partial charge is 0.436 e. The van der Waals surface area contributed by atoms with E-state index in [2.05, 4.69) is 25.4 Å². The molecule has 2 aromatic carbocycles. The predicted molar refractivity (Wildman–Crippen MR) is 151 cm³/mol. The molecular weight excluding hydrogens is 560 g/mol. The highest BCUT2D eigenvalue weighted by molar-refractivity contribution is 5.94. The van der Waals surface area contributed by atoms with Crippen LogP contribution in [-0.4, -0.2) is 85.0 Å². The lowest BCUT2D eigenvalue weighted by atomic mass is 10.0. The number of oxazole rings is 1. The Balaban J connectivity index is 1.18. The minimum atomic E-state index is -2.89. The van der Waals surface area contributed by atoms with E-state index in [0.29, 0.717) is 59.2 Å². The number of carbonyl (C=O) groups is 2. The molecule has 1 aliphatic rings. The van der Waals surface area contributed by atoms with Crippen molar-refractivity contribution < 1.29 is 22.8 Å². The van der Waals surface area contributed by atoms with Crippen LogP contribution in [0.4, 0.5) is 14.5 Å². The highest BCUT2D eigenvalue weighted by atomic mass is 19.3. The number of hydrogen-bond acceptors (Lipinski definition) is 9. The fourth-order valence-corrected chi connectivity index (χ4v) is 5.04. The normalized spacial score (nSPS) is 14.8. The number of nitrogens with zero attached hydrogens (tertiary/aromatic N) is 9. The molecular formula is C29H27F2N9O3. The van der Waals surface area contributed by atoms with Gasteiger partial charge in [0.2, 0.25) is 11.8 Å². The zero-order valence-electron chi connectivity index (χ0n) is 23.3. The average molecular weight is 588 g/mol. The van der Waals surface area contributed by atoms with Gasteiger partial charge in [-0.2, -0.15) is 8.78 Å². The Hall–Kier alpha value is -5.11. The topological polar surface area (TPSA) is 126 Å². The van der Waals surface area contributed by atoms with E-state index in [1.807, 2.05) is 35.2 Å². The molecule has 43 heavy (non-hydrogen) atoms. The Kier molecular flexibility index (Phi) is 7.59. The van der Waals surface area contributed by atoms with E-state index in [1.165, 1.54) is 18.0 Å². The van der Waals surface area contributed by atoms with Gasteiger partial charge in [-0.15, -0.1) is 10.2 Å². The second-order valence-electron chi connectivity index (χ2n) is 10.1. The van der Waals surface area contributed by atoms with Gasteiger partial charge in [0.1, 0.15) is 11.2 Å². The monoisotopic (exact) mass is 587 g/mol. The van der Waals surface area contributed by atoms with Gasteiger partial charge in [0.25, 0.3) is 5.91 Å². The summed E-state index contributed by atoms with van der Waals surface area (Å²) < 4.78 is 32.3. The van der Waals surface area contributed by atoms with Gasteiger partial charge in [-0.05, 0) is 41.1 Å². The second-order valence-corrected chi connectivity index (χ2v) is 10.1. The van der Waals surface area contributed by atoms with Crippen LogP contribution in [0.3, 0.4) is 0 Å². The molecule has 4 heterocycles. The van der Waals surface area contributed by atoms with Crippen LogP contribution in [0.25, 0.3) is 22.6 Å². The predicted octanol–water partition coefficient (Wildman–Crippen LogP) is 3.80. The van der Waals surface area contributed by atoms with Gasteiger partial charge in [-0.1, -0.05) is 35.1 Å². The summed E-state index contributed by atoms with van der Waals surface area (Å²) in [5.41, 5.74) is 3.49. The number of piperazine rings is 1. The molecule has 0 N–H and O–H groups in total. The summed E-state index contributed by atoms with van der Waals surface area (Å²) in [7, 11) is 1.68. The van der Waals surface area contributed by atoms with E-state index >= 15 is 0 Å². The van der Waals surface area contributed by atoms with Crippen molar-refractivity contribution >= 4 is 28.6 Å². The maximum atomic E-state index is 13.5. The molecule has 1 atom stereocenters.